The lowest BCUT2D eigenvalue weighted by Gasteiger charge is -2.35. The number of halogens is 2. The van der Waals surface area contributed by atoms with Crippen molar-refractivity contribution in [2.45, 2.75) is 31.7 Å². The third kappa shape index (κ3) is 5.64. The van der Waals surface area contributed by atoms with Crippen molar-refractivity contribution >= 4 is 29.9 Å². The van der Waals surface area contributed by atoms with Gasteiger partial charge in [0, 0.05) is 37.9 Å². The summed E-state index contributed by atoms with van der Waals surface area (Å²) in [5.41, 5.74) is 6.63. The summed E-state index contributed by atoms with van der Waals surface area (Å²) in [7, 11) is 0. The normalized spacial score (nSPS) is 19.9. The first-order chi connectivity index (χ1) is 12.5. The highest BCUT2D eigenvalue weighted by Gasteiger charge is 2.33. The van der Waals surface area contributed by atoms with Crippen molar-refractivity contribution in [2.75, 3.05) is 31.6 Å². The van der Waals surface area contributed by atoms with E-state index in [1.165, 1.54) is 12.1 Å². The zero-order valence-electron chi connectivity index (χ0n) is 15.2. The van der Waals surface area contributed by atoms with E-state index in [0.29, 0.717) is 44.8 Å². The number of nitrogens with zero attached hydrogens (tertiary/aromatic N) is 1. The molecule has 0 aromatic heterocycles. The van der Waals surface area contributed by atoms with E-state index in [0.717, 1.165) is 12.8 Å². The number of hydrogen-bond acceptors (Lipinski definition) is 4. The number of rotatable bonds is 4. The van der Waals surface area contributed by atoms with E-state index in [-0.39, 0.29) is 41.9 Å². The van der Waals surface area contributed by atoms with Gasteiger partial charge in [-0.2, -0.15) is 0 Å². The van der Waals surface area contributed by atoms with Crippen molar-refractivity contribution in [3.8, 4) is 0 Å². The van der Waals surface area contributed by atoms with Crippen LogP contribution in [0.25, 0.3) is 0 Å². The Labute approximate surface area is 165 Å². The molecule has 1 aromatic carbocycles. The summed E-state index contributed by atoms with van der Waals surface area (Å²) in [4.78, 5) is 26.8. The summed E-state index contributed by atoms with van der Waals surface area (Å²) in [6.07, 6.45) is 2.82. The van der Waals surface area contributed by atoms with E-state index >= 15 is 0 Å². The van der Waals surface area contributed by atoms with Crippen LogP contribution < -0.4 is 11.1 Å². The Morgan fingerprint density at radius 2 is 1.85 bits per heavy atom. The number of hydrogen-bond donors (Lipinski definition) is 2. The second-order valence-electron chi connectivity index (χ2n) is 7.07. The summed E-state index contributed by atoms with van der Waals surface area (Å²) in [6.45, 7) is 2.37. The molecule has 1 aromatic rings. The van der Waals surface area contributed by atoms with Gasteiger partial charge in [0.2, 0.25) is 11.8 Å². The van der Waals surface area contributed by atoms with Crippen LogP contribution in [0.1, 0.15) is 25.7 Å². The van der Waals surface area contributed by atoms with Gasteiger partial charge >= 0.3 is 0 Å². The fourth-order valence-corrected chi connectivity index (χ4v) is 3.66. The molecule has 3 N–H and O–H groups in total. The van der Waals surface area contributed by atoms with Crippen molar-refractivity contribution in [1.82, 2.24) is 4.90 Å². The van der Waals surface area contributed by atoms with Gasteiger partial charge in [0.05, 0.1) is 6.04 Å². The van der Waals surface area contributed by atoms with Gasteiger partial charge in [-0.1, -0.05) is 6.07 Å². The molecule has 2 saturated heterocycles. The number of amides is 2. The van der Waals surface area contributed by atoms with E-state index in [1.54, 1.807) is 17.0 Å². The van der Waals surface area contributed by atoms with Gasteiger partial charge in [-0.15, -0.1) is 12.4 Å². The molecule has 0 aliphatic carbocycles. The second-order valence-corrected chi connectivity index (χ2v) is 7.07. The minimum Gasteiger partial charge on any atom is -0.381 e. The lowest BCUT2D eigenvalue weighted by Crippen LogP contribution is -2.51. The molecule has 0 radical (unpaired) electrons. The number of nitrogens with one attached hydrogen (secondary N) is 1. The van der Waals surface area contributed by atoms with Crippen molar-refractivity contribution < 1.29 is 18.7 Å². The van der Waals surface area contributed by atoms with Crippen molar-refractivity contribution in [3.05, 3.63) is 30.1 Å². The maximum absolute atomic E-state index is 13.2. The number of anilines is 1. The zero-order chi connectivity index (χ0) is 18.5. The number of carbonyl (C=O) groups excluding carboxylic acids is 2. The Kier molecular flexibility index (Phi) is 8.01. The molecule has 3 rings (SSSR count). The third-order valence-electron chi connectivity index (χ3n) is 5.33. The number of carbonyl (C=O) groups is 2. The molecule has 6 nitrogen and oxygen atoms in total. The largest absolute Gasteiger partial charge is 0.381 e. The Balaban J connectivity index is 0.00000261. The van der Waals surface area contributed by atoms with Crippen LogP contribution in [0, 0.1) is 17.7 Å². The molecule has 2 amide bonds. The number of ether oxygens (including phenoxy) is 1. The Morgan fingerprint density at radius 3 is 2.48 bits per heavy atom. The van der Waals surface area contributed by atoms with Gasteiger partial charge < -0.3 is 20.7 Å². The quantitative estimate of drug-likeness (QED) is 0.812. The fraction of sp³-hybridized carbons (Fsp3) is 0.579. The predicted octanol–water partition coefficient (Wildman–Crippen LogP) is 2.18. The van der Waals surface area contributed by atoms with Crippen LogP contribution in [-0.2, 0) is 14.3 Å². The van der Waals surface area contributed by atoms with E-state index < -0.39 is 6.04 Å². The molecule has 0 saturated carbocycles. The Hall–Kier alpha value is -1.70. The summed E-state index contributed by atoms with van der Waals surface area (Å²) in [5.74, 6) is -0.547. The van der Waals surface area contributed by atoms with Crippen LogP contribution in [0.2, 0.25) is 0 Å². The standard InChI is InChI=1S/C19H26FN3O3.ClH/c20-15-2-1-3-16(12-15)22-18(24)14-4-8-23(9-5-14)19(25)17(21)13-6-10-26-11-7-13;/h1-3,12-14,17H,4-11,21H2,(H,22,24);1H. The number of likely N-dealkylation sites (tertiary alicyclic amines) is 1. The average Bonchev–Trinajstić information content (AvgIpc) is 2.67. The third-order valence-corrected chi connectivity index (χ3v) is 5.33. The van der Waals surface area contributed by atoms with E-state index in [1.807, 2.05) is 0 Å². The first-order valence-corrected chi connectivity index (χ1v) is 9.23. The molecule has 2 aliphatic heterocycles. The van der Waals surface area contributed by atoms with Gasteiger partial charge in [0.1, 0.15) is 5.82 Å². The van der Waals surface area contributed by atoms with Crippen molar-refractivity contribution in [1.29, 1.82) is 0 Å². The molecular weight excluding hydrogens is 373 g/mol. The van der Waals surface area contributed by atoms with Gasteiger partial charge in [-0.25, -0.2) is 4.39 Å². The summed E-state index contributed by atoms with van der Waals surface area (Å²) >= 11 is 0. The SMILES string of the molecule is Cl.NC(C(=O)N1CCC(C(=O)Nc2cccc(F)c2)CC1)C1CCOCC1. The van der Waals surface area contributed by atoms with Crippen LogP contribution in [0.4, 0.5) is 10.1 Å². The van der Waals surface area contributed by atoms with E-state index in [4.69, 9.17) is 10.5 Å². The van der Waals surface area contributed by atoms with Gasteiger partial charge in [-0.3, -0.25) is 9.59 Å². The van der Waals surface area contributed by atoms with Gasteiger partial charge in [0.25, 0.3) is 0 Å². The van der Waals surface area contributed by atoms with Crippen LogP contribution in [-0.4, -0.2) is 49.1 Å². The summed E-state index contributed by atoms with van der Waals surface area (Å²) < 4.78 is 18.5. The monoisotopic (exact) mass is 399 g/mol. The zero-order valence-corrected chi connectivity index (χ0v) is 16.1. The molecule has 0 spiro atoms. The molecular formula is C19H27ClFN3O3. The molecule has 2 fully saturated rings. The fourth-order valence-electron chi connectivity index (χ4n) is 3.66. The van der Waals surface area contributed by atoms with E-state index in [9.17, 15) is 14.0 Å². The topological polar surface area (TPSA) is 84.7 Å². The van der Waals surface area contributed by atoms with Crippen LogP contribution in [0.15, 0.2) is 24.3 Å². The molecule has 2 aliphatic rings. The summed E-state index contributed by atoms with van der Waals surface area (Å²) in [5, 5.41) is 2.75. The first-order valence-electron chi connectivity index (χ1n) is 9.23. The molecule has 27 heavy (non-hydrogen) atoms. The number of nitrogens with two attached hydrogens (primary N) is 1. The van der Waals surface area contributed by atoms with Gasteiger partial charge in [0.15, 0.2) is 0 Å². The highest BCUT2D eigenvalue weighted by molar-refractivity contribution is 5.92. The van der Waals surface area contributed by atoms with E-state index in [2.05, 4.69) is 5.32 Å². The maximum atomic E-state index is 13.2. The lowest BCUT2D eigenvalue weighted by atomic mass is 9.90. The second kappa shape index (κ2) is 10.0. The smallest absolute Gasteiger partial charge is 0.239 e. The number of piperidine rings is 1. The number of benzene rings is 1. The molecule has 8 heteroatoms. The van der Waals surface area contributed by atoms with Gasteiger partial charge in [-0.05, 0) is 49.8 Å². The average molecular weight is 400 g/mol. The molecule has 1 unspecified atom stereocenters. The Morgan fingerprint density at radius 1 is 1.19 bits per heavy atom. The summed E-state index contributed by atoms with van der Waals surface area (Å²) in [6, 6.07) is 5.36. The molecule has 0 bridgehead atoms. The highest BCUT2D eigenvalue weighted by atomic mass is 35.5. The van der Waals surface area contributed by atoms with Crippen molar-refractivity contribution in [2.24, 2.45) is 17.6 Å². The highest BCUT2D eigenvalue weighted by Crippen LogP contribution is 2.23. The minimum absolute atomic E-state index is 0. The molecule has 2 heterocycles. The molecule has 1 atom stereocenters. The predicted molar refractivity (Wildman–Crippen MR) is 103 cm³/mol. The first kappa shape index (κ1) is 21.6. The van der Waals surface area contributed by atoms with Crippen LogP contribution >= 0.6 is 12.4 Å². The Bertz CT molecular complexity index is 647. The molecule has 150 valence electrons. The van der Waals surface area contributed by atoms with Crippen molar-refractivity contribution in [3.63, 3.8) is 0 Å². The van der Waals surface area contributed by atoms with Crippen LogP contribution in [0.3, 0.4) is 0 Å². The van der Waals surface area contributed by atoms with Crippen LogP contribution in [0.5, 0.6) is 0 Å². The maximum Gasteiger partial charge on any atom is 0.239 e. The lowest BCUT2D eigenvalue weighted by molar-refractivity contribution is -0.137. The minimum atomic E-state index is -0.489.